The maximum atomic E-state index is 6.34. The second-order valence-corrected chi connectivity index (χ2v) is 5.86. The molecular formula is C20H28N4O. The van der Waals surface area contributed by atoms with Gasteiger partial charge in [-0.15, -0.1) is 0 Å². The summed E-state index contributed by atoms with van der Waals surface area (Å²) in [5.74, 6) is 1.74. The van der Waals surface area contributed by atoms with Crippen molar-refractivity contribution >= 4 is 0 Å². The Hall–Kier alpha value is -2.50. The zero-order valence-electron chi connectivity index (χ0n) is 15.2. The molecule has 0 spiro atoms. The summed E-state index contributed by atoms with van der Waals surface area (Å²) in [4.78, 5) is 0. The van der Waals surface area contributed by atoms with E-state index in [1.54, 1.807) is 0 Å². The fourth-order valence-electron chi connectivity index (χ4n) is 2.54. The number of nitrogens with two attached hydrogens (primary N) is 1. The van der Waals surface area contributed by atoms with Crippen LogP contribution in [0.2, 0.25) is 0 Å². The Morgan fingerprint density at radius 1 is 1.16 bits per heavy atom. The molecule has 0 bridgehead atoms. The molecule has 0 aliphatic heterocycles. The molecule has 0 aromatic heterocycles. The second kappa shape index (κ2) is 9.71. The van der Waals surface area contributed by atoms with Gasteiger partial charge in [-0.3, -0.25) is 0 Å². The maximum absolute atomic E-state index is 6.34. The summed E-state index contributed by atoms with van der Waals surface area (Å²) >= 11 is 0. The maximum Gasteiger partial charge on any atom is 0.120 e. The van der Waals surface area contributed by atoms with Crippen LogP contribution in [0.15, 0.2) is 60.4 Å². The number of hydrogen-bond acceptors (Lipinski definition) is 5. The van der Waals surface area contributed by atoms with Crippen molar-refractivity contribution in [2.75, 3.05) is 20.8 Å². The smallest absolute Gasteiger partial charge is 0.120 e. The van der Waals surface area contributed by atoms with Gasteiger partial charge < -0.3 is 26.4 Å². The fraction of sp³-hybridized carbons (Fsp3) is 0.300. The lowest BCUT2D eigenvalue weighted by molar-refractivity contribution is 0.306. The van der Waals surface area contributed by atoms with Crippen LogP contribution >= 0.6 is 0 Å². The Morgan fingerprint density at radius 3 is 2.56 bits per heavy atom. The zero-order valence-corrected chi connectivity index (χ0v) is 15.2. The van der Waals surface area contributed by atoms with Crippen molar-refractivity contribution in [1.29, 1.82) is 0 Å². The molecule has 5 N–H and O–H groups in total. The Morgan fingerprint density at radius 2 is 1.92 bits per heavy atom. The van der Waals surface area contributed by atoms with Gasteiger partial charge in [0, 0.05) is 7.05 Å². The number of ether oxygens (including phenoxy) is 1. The third kappa shape index (κ3) is 5.81. The quantitative estimate of drug-likeness (QED) is 0.528. The van der Waals surface area contributed by atoms with Crippen LogP contribution in [-0.2, 0) is 6.61 Å². The first kappa shape index (κ1) is 18.8. The minimum atomic E-state index is -0.199. The average molecular weight is 340 g/mol. The largest absolute Gasteiger partial charge is 0.489 e. The molecule has 0 fully saturated rings. The van der Waals surface area contributed by atoms with Gasteiger partial charge in [0.1, 0.15) is 12.4 Å². The Kier molecular flexibility index (Phi) is 7.32. The molecule has 1 atom stereocenters. The van der Waals surface area contributed by atoms with Gasteiger partial charge in [-0.2, -0.15) is 0 Å². The zero-order chi connectivity index (χ0) is 18.1. The Labute approximate surface area is 150 Å². The summed E-state index contributed by atoms with van der Waals surface area (Å²) in [6.07, 6.45) is 1.98. The number of nitrogens with one attached hydrogen (secondary N) is 3. The number of rotatable bonds is 9. The minimum Gasteiger partial charge on any atom is -0.489 e. The lowest BCUT2D eigenvalue weighted by Crippen LogP contribution is -2.31. The number of aryl methyl sites for hydroxylation is 1. The highest BCUT2D eigenvalue weighted by atomic mass is 16.5. The SMILES string of the molecule is CNCN/C(=C\C(N)c1ccc(OCc2ccccc2)cc1C)NC. The van der Waals surface area contributed by atoms with Crippen molar-refractivity contribution in [3.8, 4) is 5.75 Å². The topological polar surface area (TPSA) is 71.3 Å². The molecule has 5 heteroatoms. The van der Waals surface area contributed by atoms with E-state index in [9.17, 15) is 0 Å². The van der Waals surface area contributed by atoms with E-state index in [2.05, 4.69) is 35.0 Å². The molecule has 5 nitrogen and oxygen atoms in total. The van der Waals surface area contributed by atoms with Crippen LogP contribution in [0.1, 0.15) is 22.7 Å². The fourth-order valence-corrected chi connectivity index (χ4v) is 2.54. The molecule has 0 radical (unpaired) electrons. The first-order valence-electron chi connectivity index (χ1n) is 8.45. The third-order valence-corrected chi connectivity index (χ3v) is 3.92. The Balaban J connectivity index is 2.03. The van der Waals surface area contributed by atoms with Crippen LogP contribution in [0.5, 0.6) is 5.75 Å². The van der Waals surface area contributed by atoms with Gasteiger partial charge in [-0.05, 0) is 48.9 Å². The summed E-state index contributed by atoms with van der Waals surface area (Å²) in [5.41, 5.74) is 9.68. The molecule has 0 aliphatic rings. The lowest BCUT2D eigenvalue weighted by Gasteiger charge is -2.16. The molecule has 1 unspecified atom stereocenters. The number of benzene rings is 2. The molecule has 0 aliphatic carbocycles. The predicted octanol–water partition coefficient (Wildman–Crippen LogP) is 2.40. The van der Waals surface area contributed by atoms with Crippen LogP contribution < -0.4 is 26.4 Å². The van der Waals surface area contributed by atoms with Crippen LogP contribution in [0.25, 0.3) is 0 Å². The van der Waals surface area contributed by atoms with Crippen LogP contribution in [0.3, 0.4) is 0 Å². The first-order valence-corrected chi connectivity index (χ1v) is 8.45. The standard InChI is InChI=1S/C20H28N4O/c1-15-11-17(25-13-16-7-5-4-6-8-16)9-10-18(15)19(21)12-20(23-3)24-14-22-2/h4-12,19,22-24H,13-14,21H2,1-3H3/b20-12-. The van der Waals surface area contributed by atoms with Crippen molar-refractivity contribution in [3.05, 3.63) is 77.1 Å². The molecule has 0 saturated heterocycles. The molecule has 0 saturated carbocycles. The summed E-state index contributed by atoms with van der Waals surface area (Å²) in [6, 6.07) is 16.0. The summed E-state index contributed by atoms with van der Waals surface area (Å²) in [5, 5.41) is 9.38. The molecule has 134 valence electrons. The monoisotopic (exact) mass is 340 g/mol. The van der Waals surface area contributed by atoms with Crippen molar-refractivity contribution in [3.63, 3.8) is 0 Å². The van der Waals surface area contributed by atoms with E-state index < -0.39 is 0 Å². The van der Waals surface area contributed by atoms with Gasteiger partial charge in [0.15, 0.2) is 0 Å². The molecule has 0 heterocycles. The van der Waals surface area contributed by atoms with Crippen molar-refractivity contribution in [2.24, 2.45) is 5.73 Å². The lowest BCUT2D eigenvalue weighted by atomic mass is 10.0. The van der Waals surface area contributed by atoms with E-state index in [0.717, 1.165) is 28.3 Å². The van der Waals surface area contributed by atoms with Crippen LogP contribution in [0, 0.1) is 6.92 Å². The molecule has 2 aromatic rings. The van der Waals surface area contributed by atoms with Crippen molar-refractivity contribution in [2.45, 2.75) is 19.6 Å². The Bertz CT molecular complexity index is 685. The van der Waals surface area contributed by atoms with Crippen molar-refractivity contribution in [1.82, 2.24) is 16.0 Å². The van der Waals surface area contributed by atoms with Crippen molar-refractivity contribution < 1.29 is 4.74 Å². The second-order valence-electron chi connectivity index (χ2n) is 5.86. The summed E-state index contributed by atoms with van der Waals surface area (Å²) in [7, 11) is 3.76. The highest BCUT2D eigenvalue weighted by Crippen LogP contribution is 2.23. The minimum absolute atomic E-state index is 0.199. The van der Waals surface area contributed by atoms with Gasteiger partial charge in [0.2, 0.25) is 0 Å². The van der Waals surface area contributed by atoms with E-state index in [1.165, 1.54) is 0 Å². The van der Waals surface area contributed by atoms with E-state index in [-0.39, 0.29) is 6.04 Å². The summed E-state index contributed by atoms with van der Waals surface area (Å²) in [6.45, 7) is 3.28. The average Bonchev–Trinajstić information content (AvgIpc) is 2.64. The molecule has 2 rings (SSSR count). The number of hydrogen-bond donors (Lipinski definition) is 4. The molecule has 2 aromatic carbocycles. The molecule has 0 amide bonds. The van der Waals surface area contributed by atoms with Crippen LogP contribution in [0.4, 0.5) is 0 Å². The van der Waals surface area contributed by atoms with E-state index in [1.807, 2.05) is 56.6 Å². The summed E-state index contributed by atoms with van der Waals surface area (Å²) < 4.78 is 5.87. The first-order chi connectivity index (χ1) is 12.1. The van der Waals surface area contributed by atoms with Gasteiger partial charge in [-0.1, -0.05) is 36.4 Å². The molecule has 25 heavy (non-hydrogen) atoms. The van der Waals surface area contributed by atoms with Gasteiger partial charge in [0.25, 0.3) is 0 Å². The van der Waals surface area contributed by atoms with E-state index in [4.69, 9.17) is 10.5 Å². The molecular weight excluding hydrogens is 312 g/mol. The highest BCUT2D eigenvalue weighted by molar-refractivity contribution is 5.38. The van der Waals surface area contributed by atoms with E-state index >= 15 is 0 Å². The highest BCUT2D eigenvalue weighted by Gasteiger charge is 2.09. The third-order valence-electron chi connectivity index (χ3n) is 3.92. The van der Waals surface area contributed by atoms with Gasteiger partial charge in [0.05, 0.1) is 18.5 Å². The van der Waals surface area contributed by atoms with Gasteiger partial charge in [-0.25, -0.2) is 0 Å². The predicted molar refractivity (Wildman–Crippen MR) is 103 cm³/mol. The van der Waals surface area contributed by atoms with Crippen LogP contribution in [-0.4, -0.2) is 20.8 Å². The van der Waals surface area contributed by atoms with E-state index in [0.29, 0.717) is 13.3 Å². The van der Waals surface area contributed by atoms with Gasteiger partial charge >= 0.3 is 0 Å². The normalized spacial score (nSPS) is 12.6.